The summed E-state index contributed by atoms with van der Waals surface area (Å²) in [4.78, 5) is 10.3. The molecule has 7 nitrogen and oxygen atoms in total. The Hall–Kier alpha value is -3.01. The van der Waals surface area contributed by atoms with Gasteiger partial charge in [-0.05, 0) is 57.3 Å². The number of tetrazole rings is 1. The van der Waals surface area contributed by atoms with Crippen LogP contribution < -0.4 is 0 Å². The molecular formula is C23H24FN7S. The number of benzene rings is 1. The Morgan fingerprint density at radius 1 is 0.906 bits per heavy atom. The van der Waals surface area contributed by atoms with Crippen molar-refractivity contribution >= 4 is 11.3 Å². The van der Waals surface area contributed by atoms with E-state index in [1.165, 1.54) is 22.6 Å². The van der Waals surface area contributed by atoms with Crippen LogP contribution in [-0.2, 0) is 13.1 Å². The van der Waals surface area contributed by atoms with Gasteiger partial charge in [-0.2, -0.15) is 0 Å². The van der Waals surface area contributed by atoms with Gasteiger partial charge in [-0.1, -0.05) is 18.2 Å². The predicted octanol–water partition coefficient (Wildman–Crippen LogP) is 3.22. The summed E-state index contributed by atoms with van der Waals surface area (Å²) >= 11 is 1.72. The van der Waals surface area contributed by atoms with E-state index in [1.807, 2.05) is 17.1 Å². The van der Waals surface area contributed by atoms with Crippen molar-refractivity contribution in [1.29, 1.82) is 0 Å². The van der Waals surface area contributed by atoms with Gasteiger partial charge >= 0.3 is 0 Å². The molecule has 32 heavy (non-hydrogen) atoms. The zero-order chi connectivity index (χ0) is 21.8. The standard InChI is InChI=1S/C23H24FN7S/c24-20-5-3-18(4-6-20)17-31-23(26-27-28-31)22(21-2-1-15-32-21)30-13-11-29(12-14-30)16-19-7-9-25-10-8-19/h1-10,15,22H,11-14,16-17H2. The second kappa shape index (κ2) is 9.64. The number of hydrogen-bond donors (Lipinski definition) is 0. The number of rotatable bonds is 7. The van der Waals surface area contributed by atoms with Crippen LogP contribution in [0, 0.1) is 5.82 Å². The monoisotopic (exact) mass is 449 g/mol. The molecule has 5 rings (SSSR count). The fourth-order valence-electron chi connectivity index (χ4n) is 4.13. The Morgan fingerprint density at radius 2 is 1.66 bits per heavy atom. The van der Waals surface area contributed by atoms with Crippen molar-refractivity contribution in [3.8, 4) is 0 Å². The molecular weight excluding hydrogens is 425 g/mol. The van der Waals surface area contributed by atoms with Crippen LogP contribution in [0.3, 0.4) is 0 Å². The number of nitrogens with zero attached hydrogens (tertiary/aromatic N) is 7. The summed E-state index contributed by atoms with van der Waals surface area (Å²) < 4.78 is 15.1. The van der Waals surface area contributed by atoms with E-state index >= 15 is 0 Å². The molecule has 1 aliphatic rings. The summed E-state index contributed by atoms with van der Waals surface area (Å²) in [6.07, 6.45) is 3.69. The summed E-state index contributed by atoms with van der Waals surface area (Å²) in [5.41, 5.74) is 2.25. The molecule has 0 N–H and O–H groups in total. The van der Waals surface area contributed by atoms with Crippen LogP contribution in [0.15, 0.2) is 66.3 Å². The maximum absolute atomic E-state index is 13.3. The maximum atomic E-state index is 13.3. The first-order valence-electron chi connectivity index (χ1n) is 10.7. The SMILES string of the molecule is Fc1ccc(Cn2nnnc2C(c2cccs2)N2CCN(Cc3ccncc3)CC2)cc1. The van der Waals surface area contributed by atoms with Gasteiger partial charge < -0.3 is 0 Å². The Labute approximate surface area is 190 Å². The van der Waals surface area contributed by atoms with Gasteiger partial charge in [0.25, 0.3) is 0 Å². The second-order valence-electron chi connectivity index (χ2n) is 7.91. The first-order valence-corrected chi connectivity index (χ1v) is 11.5. The first-order chi connectivity index (χ1) is 15.8. The van der Waals surface area contributed by atoms with Crippen LogP contribution in [0.25, 0.3) is 0 Å². The van der Waals surface area contributed by atoms with Crippen LogP contribution >= 0.6 is 11.3 Å². The molecule has 9 heteroatoms. The third-order valence-corrected chi connectivity index (χ3v) is 6.71. The normalized spacial score (nSPS) is 16.3. The minimum absolute atomic E-state index is 0.00600. The van der Waals surface area contributed by atoms with Gasteiger partial charge in [-0.25, -0.2) is 9.07 Å². The molecule has 1 aliphatic heterocycles. The van der Waals surface area contributed by atoms with Crippen molar-refractivity contribution < 1.29 is 4.39 Å². The Kier molecular flexibility index (Phi) is 6.29. The largest absolute Gasteiger partial charge is 0.297 e. The van der Waals surface area contributed by atoms with Gasteiger partial charge in [-0.15, -0.1) is 16.4 Å². The summed E-state index contributed by atoms with van der Waals surface area (Å²) in [5, 5.41) is 14.8. The first kappa shape index (κ1) is 20.9. The van der Waals surface area contributed by atoms with Crippen molar-refractivity contribution in [2.24, 2.45) is 0 Å². The molecule has 1 aromatic carbocycles. The summed E-state index contributed by atoms with van der Waals surface area (Å²) in [5.74, 6) is 0.575. The molecule has 164 valence electrons. The molecule has 1 fully saturated rings. The van der Waals surface area contributed by atoms with Crippen molar-refractivity contribution in [2.45, 2.75) is 19.1 Å². The van der Waals surface area contributed by atoms with Crippen LogP contribution in [0.4, 0.5) is 4.39 Å². The summed E-state index contributed by atoms with van der Waals surface area (Å²) in [6.45, 7) is 5.25. The lowest BCUT2D eigenvalue weighted by molar-refractivity contribution is 0.101. The van der Waals surface area contributed by atoms with E-state index in [2.05, 4.69) is 60.0 Å². The van der Waals surface area contributed by atoms with Crippen molar-refractivity contribution in [3.63, 3.8) is 0 Å². The van der Waals surface area contributed by atoms with E-state index in [4.69, 9.17) is 0 Å². The third kappa shape index (κ3) is 4.74. The average molecular weight is 450 g/mol. The van der Waals surface area contributed by atoms with Crippen LogP contribution in [0.1, 0.15) is 27.9 Å². The Morgan fingerprint density at radius 3 is 2.38 bits per heavy atom. The topological polar surface area (TPSA) is 63.0 Å². The molecule has 0 radical (unpaired) electrons. The highest BCUT2D eigenvalue weighted by molar-refractivity contribution is 7.10. The van der Waals surface area contributed by atoms with Gasteiger partial charge in [0.15, 0.2) is 5.82 Å². The van der Waals surface area contributed by atoms with Crippen molar-refractivity contribution in [1.82, 2.24) is 35.0 Å². The van der Waals surface area contributed by atoms with Crippen LogP contribution in [0.5, 0.6) is 0 Å². The fraction of sp³-hybridized carbons (Fsp3) is 0.304. The second-order valence-corrected chi connectivity index (χ2v) is 8.89. The van der Waals surface area contributed by atoms with Gasteiger partial charge in [0, 0.05) is 50.0 Å². The summed E-state index contributed by atoms with van der Waals surface area (Å²) in [6, 6.07) is 14.9. The minimum Gasteiger partial charge on any atom is -0.297 e. The van der Waals surface area contributed by atoms with Crippen molar-refractivity contribution in [3.05, 3.63) is 94.0 Å². The fourth-order valence-corrected chi connectivity index (χ4v) is 4.98. The lowest BCUT2D eigenvalue weighted by Crippen LogP contribution is -2.47. The molecule has 0 bridgehead atoms. The molecule has 1 saturated heterocycles. The molecule has 1 atom stereocenters. The van der Waals surface area contributed by atoms with Crippen LogP contribution in [-0.4, -0.2) is 61.2 Å². The number of halogens is 1. The highest BCUT2D eigenvalue weighted by Gasteiger charge is 2.31. The van der Waals surface area contributed by atoms with Gasteiger partial charge in [0.1, 0.15) is 11.9 Å². The van der Waals surface area contributed by atoms with Gasteiger partial charge in [0.05, 0.1) is 6.54 Å². The van der Waals surface area contributed by atoms with Crippen LogP contribution in [0.2, 0.25) is 0 Å². The Bertz CT molecular complexity index is 1110. The Balaban J connectivity index is 1.34. The molecule has 1 unspecified atom stereocenters. The van der Waals surface area contributed by atoms with Crippen molar-refractivity contribution in [2.75, 3.05) is 26.2 Å². The molecule has 0 amide bonds. The quantitative estimate of drug-likeness (QED) is 0.432. The number of pyridine rings is 1. The summed E-state index contributed by atoms with van der Waals surface area (Å²) in [7, 11) is 0. The number of piperazine rings is 1. The van der Waals surface area contributed by atoms with E-state index < -0.39 is 0 Å². The number of aromatic nitrogens is 5. The van der Waals surface area contributed by atoms with Gasteiger partial charge in [0.2, 0.25) is 0 Å². The molecule has 0 spiro atoms. The van der Waals surface area contributed by atoms with E-state index in [0.717, 1.165) is 44.1 Å². The predicted molar refractivity (Wildman–Crippen MR) is 121 cm³/mol. The molecule has 4 heterocycles. The molecule has 3 aromatic heterocycles. The van der Waals surface area contributed by atoms with E-state index in [-0.39, 0.29) is 11.9 Å². The van der Waals surface area contributed by atoms with E-state index in [1.54, 1.807) is 23.5 Å². The van der Waals surface area contributed by atoms with E-state index in [9.17, 15) is 4.39 Å². The third-order valence-electron chi connectivity index (χ3n) is 5.79. The molecule has 4 aromatic rings. The zero-order valence-electron chi connectivity index (χ0n) is 17.6. The number of hydrogen-bond acceptors (Lipinski definition) is 7. The van der Waals surface area contributed by atoms with Gasteiger partial charge in [-0.3, -0.25) is 14.8 Å². The smallest absolute Gasteiger partial charge is 0.174 e. The minimum atomic E-state index is -0.244. The zero-order valence-corrected chi connectivity index (χ0v) is 18.4. The highest BCUT2D eigenvalue weighted by atomic mass is 32.1. The average Bonchev–Trinajstić information content (AvgIpc) is 3.51. The highest BCUT2D eigenvalue weighted by Crippen LogP contribution is 2.31. The van der Waals surface area contributed by atoms with E-state index in [0.29, 0.717) is 6.54 Å². The molecule has 0 aliphatic carbocycles. The molecule has 0 saturated carbocycles. The number of thiophene rings is 1. The maximum Gasteiger partial charge on any atom is 0.174 e. The lowest BCUT2D eigenvalue weighted by Gasteiger charge is -2.38. The lowest BCUT2D eigenvalue weighted by atomic mass is 10.1.